The Balaban J connectivity index is 2.94. The largest absolute Gasteiger partial charge is 0.250 e. The third-order valence-electron chi connectivity index (χ3n) is 1.70. The van der Waals surface area contributed by atoms with Crippen LogP contribution in [0.3, 0.4) is 0 Å². The first-order valence-corrected chi connectivity index (χ1v) is 4.55. The second-order valence-corrected chi connectivity index (χ2v) is 3.46. The third-order valence-corrected chi connectivity index (χ3v) is 2.56. The average Bonchev–Trinajstić information content (AvgIpc) is 2.07. The molecule has 2 aromatic rings. The third kappa shape index (κ3) is 1.18. The van der Waals surface area contributed by atoms with Gasteiger partial charge in [0, 0.05) is 17.0 Å². The van der Waals surface area contributed by atoms with Gasteiger partial charge in [-0.25, -0.2) is 9.37 Å². The molecule has 1 aromatic heterocycles. The van der Waals surface area contributed by atoms with Crippen LogP contribution in [0.4, 0.5) is 4.39 Å². The maximum absolute atomic E-state index is 13.1. The standard InChI is InChI=1S/C9H5FIN/c10-8-3-1-2-7-6(8)4-5-12-9(7)11/h1-5H. The molecule has 0 spiro atoms. The van der Waals surface area contributed by atoms with E-state index >= 15 is 0 Å². The molecule has 0 saturated heterocycles. The number of hydrogen-bond acceptors (Lipinski definition) is 1. The van der Waals surface area contributed by atoms with E-state index in [1.54, 1.807) is 18.3 Å². The molecule has 0 unspecified atom stereocenters. The first kappa shape index (κ1) is 7.91. The summed E-state index contributed by atoms with van der Waals surface area (Å²) in [6, 6.07) is 6.71. The van der Waals surface area contributed by atoms with Crippen molar-refractivity contribution in [3.8, 4) is 0 Å². The van der Waals surface area contributed by atoms with Crippen LogP contribution in [0, 0.1) is 9.52 Å². The maximum atomic E-state index is 13.1. The molecule has 0 radical (unpaired) electrons. The molecule has 1 aromatic carbocycles. The van der Waals surface area contributed by atoms with Crippen molar-refractivity contribution in [2.24, 2.45) is 0 Å². The summed E-state index contributed by atoms with van der Waals surface area (Å²) < 4.78 is 14.0. The number of aromatic nitrogens is 1. The highest BCUT2D eigenvalue weighted by atomic mass is 127. The van der Waals surface area contributed by atoms with Crippen LogP contribution in [-0.4, -0.2) is 4.98 Å². The molecule has 1 nitrogen and oxygen atoms in total. The lowest BCUT2D eigenvalue weighted by molar-refractivity contribution is 0.639. The smallest absolute Gasteiger partial charge is 0.131 e. The number of fused-ring (bicyclic) bond motifs is 1. The Kier molecular flexibility index (Phi) is 1.96. The molecule has 0 atom stereocenters. The van der Waals surface area contributed by atoms with Gasteiger partial charge in [0.25, 0.3) is 0 Å². The number of benzene rings is 1. The second kappa shape index (κ2) is 2.97. The Morgan fingerprint density at radius 2 is 2.00 bits per heavy atom. The minimum atomic E-state index is -0.187. The SMILES string of the molecule is Fc1cccc2c(I)nccc12. The molecule has 0 aliphatic carbocycles. The molecule has 1 heterocycles. The Morgan fingerprint density at radius 3 is 2.75 bits per heavy atom. The predicted molar refractivity (Wildman–Crippen MR) is 54.4 cm³/mol. The second-order valence-electron chi connectivity index (χ2n) is 2.44. The minimum absolute atomic E-state index is 0.187. The van der Waals surface area contributed by atoms with E-state index < -0.39 is 0 Å². The van der Waals surface area contributed by atoms with Crippen molar-refractivity contribution in [2.45, 2.75) is 0 Å². The van der Waals surface area contributed by atoms with Gasteiger partial charge in [0.1, 0.15) is 9.52 Å². The topological polar surface area (TPSA) is 12.9 Å². The molecule has 0 fully saturated rings. The quantitative estimate of drug-likeness (QED) is 0.531. The molecule has 3 heteroatoms. The van der Waals surface area contributed by atoms with E-state index in [4.69, 9.17) is 0 Å². The van der Waals surface area contributed by atoms with Crippen molar-refractivity contribution in [2.75, 3.05) is 0 Å². The molecule has 0 N–H and O–H groups in total. The maximum Gasteiger partial charge on any atom is 0.131 e. The number of halogens is 2. The molecule has 0 amide bonds. The van der Waals surface area contributed by atoms with Gasteiger partial charge in [0.05, 0.1) is 0 Å². The zero-order chi connectivity index (χ0) is 8.55. The fourth-order valence-corrected chi connectivity index (χ4v) is 1.76. The van der Waals surface area contributed by atoms with E-state index in [9.17, 15) is 4.39 Å². The molecule has 0 saturated carbocycles. The molecular formula is C9H5FIN. The summed E-state index contributed by atoms with van der Waals surface area (Å²) in [6.07, 6.45) is 1.62. The Bertz CT molecular complexity index is 387. The van der Waals surface area contributed by atoms with Crippen LogP contribution in [0.25, 0.3) is 10.8 Å². The van der Waals surface area contributed by atoms with E-state index in [-0.39, 0.29) is 5.82 Å². The van der Waals surface area contributed by atoms with Gasteiger partial charge in [0.2, 0.25) is 0 Å². The van der Waals surface area contributed by atoms with Gasteiger partial charge in [0.15, 0.2) is 0 Å². The lowest BCUT2D eigenvalue weighted by atomic mass is 10.2. The van der Waals surface area contributed by atoms with Gasteiger partial charge >= 0.3 is 0 Å². The van der Waals surface area contributed by atoms with E-state index in [0.29, 0.717) is 5.39 Å². The summed E-state index contributed by atoms with van der Waals surface area (Å²) in [7, 11) is 0. The van der Waals surface area contributed by atoms with Crippen LogP contribution in [-0.2, 0) is 0 Å². The summed E-state index contributed by atoms with van der Waals surface area (Å²) in [5.74, 6) is -0.187. The summed E-state index contributed by atoms with van der Waals surface area (Å²) in [4.78, 5) is 4.07. The molecule has 60 valence electrons. The normalized spacial score (nSPS) is 10.5. The van der Waals surface area contributed by atoms with Crippen LogP contribution in [0.2, 0.25) is 0 Å². The lowest BCUT2D eigenvalue weighted by Gasteiger charge is -1.99. The summed E-state index contributed by atoms with van der Waals surface area (Å²) >= 11 is 2.10. The number of hydrogen-bond donors (Lipinski definition) is 0. The van der Waals surface area contributed by atoms with Crippen LogP contribution >= 0.6 is 22.6 Å². The fraction of sp³-hybridized carbons (Fsp3) is 0. The minimum Gasteiger partial charge on any atom is -0.250 e. The van der Waals surface area contributed by atoms with Gasteiger partial charge in [-0.2, -0.15) is 0 Å². The molecule has 0 aliphatic rings. The van der Waals surface area contributed by atoms with Crippen LogP contribution < -0.4 is 0 Å². The zero-order valence-corrected chi connectivity index (χ0v) is 8.25. The summed E-state index contributed by atoms with van der Waals surface area (Å²) in [5.41, 5.74) is 0. The first-order valence-electron chi connectivity index (χ1n) is 3.48. The first-order chi connectivity index (χ1) is 5.79. The van der Waals surface area contributed by atoms with Gasteiger partial charge in [-0.15, -0.1) is 0 Å². The van der Waals surface area contributed by atoms with Gasteiger partial charge in [-0.1, -0.05) is 12.1 Å². The zero-order valence-electron chi connectivity index (χ0n) is 6.09. The van der Waals surface area contributed by atoms with Crippen molar-refractivity contribution in [1.82, 2.24) is 4.98 Å². The summed E-state index contributed by atoms with van der Waals surface area (Å²) in [5, 5.41) is 1.51. The van der Waals surface area contributed by atoms with Crippen molar-refractivity contribution >= 4 is 33.4 Å². The van der Waals surface area contributed by atoms with Gasteiger partial charge in [-0.05, 0) is 34.7 Å². The number of rotatable bonds is 0. The van der Waals surface area contributed by atoms with E-state index in [1.165, 1.54) is 6.07 Å². The fourth-order valence-electron chi connectivity index (χ4n) is 1.13. The van der Waals surface area contributed by atoms with Gasteiger partial charge in [-0.3, -0.25) is 0 Å². The lowest BCUT2D eigenvalue weighted by Crippen LogP contribution is -1.84. The van der Waals surface area contributed by atoms with Crippen molar-refractivity contribution < 1.29 is 4.39 Å². The molecule has 0 aliphatic heterocycles. The molecule has 0 bridgehead atoms. The van der Waals surface area contributed by atoms with Crippen molar-refractivity contribution in [3.05, 3.63) is 40.0 Å². The van der Waals surface area contributed by atoms with Gasteiger partial charge < -0.3 is 0 Å². The molecule has 2 rings (SSSR count). The van der Waals surface area contributed by atoms with Crippen LogP contribution in [0.5, 0.6) is 0 Å². The monoisotopic (exact) mass is 273 g/mol. The Hall–Kier alpha value is -0.710. The highest BCUT2D eigenvalue weighted by Gasteiger charge is 2.01. The number of nitrogens with zero attached hydrogens (tertiary/aromatic N) is 1. The van der Waals surface area contributed by atoms with E-state index in [2.05, 4.69) is 27.6 Å². The van der Waals surface area contributed by atoms with Crippen LogP contribution in [0.1, 0.15) is 0 Å². The predicted octanol–water partition coefficient (Wildman–Crippen LogP) is 2.98. The Morgan fingerprint density at radius 1 is 1.17 bits per heavy atom. The van der Waals surface area contributed by atoms with E-state index in [0.717, 1.165) is 9.09 Å². The van der Waals surface area contributed by atoms with Crippen molar-refractivity contribution in [1.29, 1.82) is 0 Å². The average molecular weight is 273 g/mol. The molecular weight excluding hydrogens is 268 g/mol. The Labute approximate surface area is 82.8 Å². The van der Waals surface area contributed by atoms with Crippen LogP contribution in [0.15, 0.2) is 30.5 Å². The highest BCUT2D eigenvalue weighted by Crippen LogP contribution is 2.20. The number of pyridine rings is 1. The summed E-state index contributed by atoms with van der Waals surface area (Å²) in [6.45, 7) is 0. The van der Waals surface area contributed by atoms with E-state index in [1.807, 2.05) is 6.07 Å². The highest BCUT2D eigenvalue weighted by molar-refractivity contribution is 14.1. The molecule has 12 heavy (non-hydrogen) atoms. The van der Waals surface area contributed by atoms with Crippen molar-refractivity contribution in [3.63, 3.8) is 0 Å².